The van der Waals surface area contributed by atoms with Gasteiger partial charge in [-0.3, -0.25) is 0 Å². The van der Waals surface area contributed by atoms with Crippen molar-refractivity contribution in [3.05, 3.63) is 23.8 Å². The second-order valence-electron chi connectivity index (χ2n) is 4.30. The van der Waals surface area contributed by atoms with Crippen molar-refractivity contribution in [3.63, 3.8) is 0 Å². The van der Waals surface area contributed by atoms with Gasteiger partial charge in [-0.25, -0.2) is 0 Å². The van der Waals surface area contributed by atoms with E-state index in [1.165, 1.54) is 0 Å². The Morgan fingerprint density at radius 3 is 2.88 bits per heavy atom. The molecule has 0 bridgehead atoms. The molecule has 3 N–H and O–H groups in total. The molecule has 4 nitrogen and oxygen atoms in total. The lowest BCUT2D eigenvalue weighted by molar-refractivity contribution is 0.00299. The van der Waals surface area contributed by atoms with Crippen molar-refractivity contribution in [1.82, 2.24) is 0 Å². The first-order valence-electron chi connectivity index (χ1n) is 5.90. The quantitative estimate of drug-likeness (QED) is 0.779. The summed E-state index contributed by atoms with van der Waals surface area (Å²) < 4.78 is 5.50. The van der Waals surface area contributed by atoms with E-state index in [1.807, 2.05) is 19.1 Å². The van der Waals surface area contributed by atoms with Gasteiger partial charge in [0.1, 0.15) is 6.07 Å². The van der Waals surface area contributed by atoms with Crippen molar-refractivity contribution in [3.8, 4) is 6.07 Å². The van der Waals surface area contributed by atoms with Crippen molar-refractivity contribution >= 4 is 11.4 Å². The molecule has 0 atom stereocenters. The number of hydrogen-bond donors (Lipinski definition) is 2. The minimum Gasteiger partial charge on any atom is -0.398 e. The number of ether oxygens (including phenoxy) is 1. The molecule has 1 aromatic carbocycles. The average molecular weight is 231 g/mol. The third-order valence-electron chi connectivity index (χ3n) is 3.04. The standard InChI is InChI=1S/C13H17N3O/c1-2-17-12-5-11(6-12)16-10-4-3-9(8-14)13(15)7-10/h3-4,7,11-12,16H,2,5-6,15H2,1H3. The lowest BCUT2D eigenvalue weighted by atomic mass is 9.89. The monoisotopic (exact) mass is 231 g/mol. The van der Waals surface area contributed by atoms with Gasteiger partial charge in [-0.15, -0.1) is 0 Å². The van der Waals surface area contributed by atoms with Crippen molar-refractivity contribution in [1.29, 1.82) is 5.26 Å². The Morgan fingerprint density at radius 2 is 2.29 bits per heavy atom. The first-order valence-corrected chi connectivity index (χ1v) is 5.90. The lowest BCUT2D eigenvalue weighted by Gasteiger charge is -2.36. The predicted octanol–water partition coefficient (Wildman–Crippen LogP) is 2.12. The number of nitrogens with one attached hydrogen (secondary N) is 1. The highest BCUT2D eigenvalue weighted by molar-refractivity contribution is 5.63. The molecule has 0 radical (unpaired) electrons. The molecule has 0 saturated heterocycles. The minimum atomic E-state index is 0.397. The topological polar surface area (TPSA) is 71.1 Å². The largest absolute Gasteiger partial charge is 0.398 e. The van der Waals surface area contributed by atoms with E-state index in [1.54, 1.807) is 6.07 Å². The van der Waals surface area contributed by atoms with Crippen LogP contribution in [0.5, 0.6) is 0 Å². The summed E-state index contributed by atoms with van der Waals surface area (Å²) in [6, 6.07) is 7.96. The van der Waals surface area contributed by atoms with Gasteiger partial charge in [0.25, 0.3) is 0 Å². The molecule has 1 fully saturated rings. The summed E-state index contributed by atoms with van der Waals surface area (Å²) in [4.78, 5) is 0. The van der Waals surface area contributed by atoms with Gasteiger partial charge in [-0.2, -0.15) is 5.26 Å². The zero-order chi connectivity index (χ0) is 12.3. The van der Waals surface area contributed by atoms with Gasteiger partial charge in [0.2, 0.25) is 0 Å². The maximum Gasteiger partial charge on any atom is 0.101 e. The highest BCUT2D eigenvalue weighted by Gasteiger charge is 2.29. The number of nitrogens with two attached hydrogens (primary N) is 1. The summed E-state index contributed by atoms with van der Waals surface area (Å²) in [5.41, 5.74) is 7.78. The molecule has 0 heterocycles. The molecule has 0 amide bonds. The fourth-order valence-electron chi connectivity index (χ4n) is 2.05. The second kappa shape index (κ2) is 5.07. The molecule has 0 aromatic heterocycles. The summed E-state index contributed by atoms with van der Waals surface area (Å²) in [5.74, 6) is 0. The van der Waals surface area contributed by atoms with E-state index in [2.05, 4.69) is 11.4 Å². The second-order valence-corrected chi connectivity index (χ2v) is 4.30. The third-order valence-corrected chi connectivity index (χ3v) is 3.04. The molecule has 1 saturated carbocycles. The molecule has 1 aromatic rings. The van der Waals surface area contributed by atoms with Gasteiger partial charge in [0.15, 0.2) is 0 Å². The predicted molar refractivity (Wildman–Crippen MR) is 67.6 cm³/mol. The summed E-state index contributed by atoms with van der Waals surface area (Å²) in [7, 11) is 0. The van der Waals surface area contributed by atoms with E-state index in [0.717, 1.165) is 25.1 Å². The van der Waals surface area contributed by atoms with E-state index in [0.29, 0.717) is 23.4 Å². The van der Waals surface area contributed by atoms with Gasteiger partial charge < -0.3 is 15.8 Å². The SMILES string of the molecule is CCOC1CC(Nc2ccc(C#N)c(N)c2)C1. The Balaban J connectivity index is 1.89. The Hall–Kier alpha value is -1.73. The Bertz CT molecular complexity index is 433. The zero-order valence-electron chi connectivity index (χ0n) is 9.94. The average Bonchev–Trinajstić information content (AvgIpc) is 2.26. The number of nitriles is 1. The summed E-state index contributed by atoms with van der Waals surface area (Å²) >= 11 is 0. The Labute approximate surface area is 101 Å². The molecule has 0 aliphatic heterocycles. The number of benzene rings is 1. The van der Waals surface area contributed by atoms with Crippen molar-refractivity contribution in [2.75, 3.05) is 17.7 Å². The summed E-state index contributed by atoms with van der Waals surface area (Å²) in [5, 5.41) is 12.2. The van der Waals surface area contributed by atoms with Crippen molar-refractivity contribution in [2.45, 2.75) is 31.9 Å². The van der Waals surface area contributed by atoms with E-state index in [4.69, 9.17) is 15.7 Å². The lowest BCUT2D eigenvalue weighted by Crippen LogP contribution is -2.40. The number of anilines is 2. The first-order chi connectivity index (χ1) is 8.22. The van der Waals surface area contributed by atoms with Gasteiger partial charge in [-0.05, 0) is 38.0 Å². The van der Waals surface area contributed by atoms with Crippen LogP contribution in [0.2, 0.25) is 0 Å². The maximum absolute atomic E-state index is 8.78. The smallest absolute Gasteiger partial charge is 0.101 e. The highest BCUT2D eigenvalue weighted by atomic mass is 16.5. The molecular weight excluding hydrogens is 214 g/mol. The molecule has 1 aliphatic rings. The number of nitrogens with zero attached hydrogens (tertiary/aromatic N) is 1. The molecule has 2 rings (SSSR count). The van der Waals surface area contributed by atoms with E-state index in [9.17, 15) is 0 Å². The zero-order valence-corrected chi connectivity index (χ0v) is 9.94. The van der Waals surface area contributed by atoms with Crippen LogP contribution in [0.15, 0.2) is 18.2 Å². The van der Waals surface area contributed by atoms with Crippen molar-refractivity contribution < 1.29 is 4.74 Å². The van der Waals surface area contributed by atoms with Crippen LogP contribution >= 0.6 is 0 Å². The molecule has 1 aliphatic carbocycles. The number of hydrogen-bond acceptors (Lipinski definition) is 4. The van der Waals surface area contributed by atoms with Crippen LogP contribution in [-0.4, -0.2) is 18.8 Å². The maximum atomic E-state index is 8.78. The van der Waals surface area contributed by atoms with Crippen LogP contribution in [0.4, 0.5) is 11.4 Å². The van der Waals surface area contributed by atoms with Crippen LogP contribution in [0.3, 0.4) is 0 Å². The van der Waals surface area contributed by atoms with Crippen LogP contribution in [0.1, 0.15) is 25.3 Å². The fourth-order valence-corrected chi connectivity index (χ4v) is 2.05. The van der Waals surface area contributed by atoms with E-state index in [-0.39, 0.29) is 0 Å². The number of nitrogen functional groups attached to an aromatic ring is 1. The molecule has 0 spiro atoms. The molecule has 0 unspecified atom stereocenters. The molecule has 4 heteroatoms. The highest BCUT2D eigenvalue weighted by Crippen LogP contribution is 2.27. The Kier molecular flexibility index (Phi) is 3.50. The van der Waals surface area contributed by atoms with Crippen LogP contribution in [0, 0.1) is 11.3 Å². The Morgan fingerprint density at radius 1 is 1.53 bits per heavy atom. The van der Waals surface area contributed by atoms with Gasteiger partial charge >= 0.3 is 0 Å². The summed E-state index contributed by atoms with van der Waals surface area (Å²) in [6.07, 6.45) is 2.47. The molecule has 90 valence electrons. The molecule has 17 heavy (non-hydrogen) atoms. The molecular formula is C13H17N3O. The number of rotatable bonds is 4. The van der Waals surface area contributed by atoms with Crippen LogP contribution < -0.4 is 11.1 Å². The van der Waals surface area contributed by atoms with E-state index >= 15 is 0 Å². The van der Waals surface area contributed by atoms with Crippen molar-refractivity contribution in [2.24, 2.45) is 0 Å². The van der Waals surface area contributed by atoms with Gasteiger partial charge in [-0.1, -0.05) is 0 Å². The summed E-state index contributed by atoms with van der Waals surface area (Å²) in [6.45, 7) is 2.79. The normalized spacial score (nSPS) is 22.6. The van der Waals surface area contributed by atoms with Crippen LogP contribution in [-0.2, 0) is 4.74 Å². The first kappa shape index (κ1) is 11.7. The van der Waals surface area contributed by atoms with Crippen LogP contribution in [0.25, 0.3) is 0 Å². The van der Waals surface area contributed by atoms with Gasteiger partial charge in [0.05, 0.1) is 17.4 Å². The van der Waals surface area contributed by atoms with Gasteiger partial charge in [0, 0.05) is 18.3 Å². The fraction of sp³-hybridized carbons (Fsp3) is 0.462. The third kappa shape index (κ3) is 2.69. The minimum absolute atomic E-state index is 0.397. The van der Waals surface area contributed by atoms with E-state index < -0.39 is 0 Å².